The summed E-state index contributed by atoms with van der Waals surface area (Å²) in [7, 11) is 1.62. The van der Waals surface area contributed by atoms with Crippen molar-refractivity contribution in [3.63, 3.8) is 0 Å². The second kappa shape index (κ2) is 8.38. The first kappa shape index (κ1) is 18.5. The highest BCUT2D eigenvalue weighted by Crippen LogP contribution is 2.30. The van der Waals surface area contributed by atoms with Gasteiger partial charge in [0, 0.05) is 5.69 Å². The van der Waals surface area contributed by atoms with Crippen LogP contribution in [-0.2, 0) is 4.79 Å². The van der Waals surface area contributed by atoms with Crippen LogP contribution in [-0.4, -0.2) is 34.5 Å². The minimum Gasteiger partial charge on any atom is -0.497 e. The van der Waals surface area contributed by atoms with Gasteiger partial charge in [-0.2, -0.15) is 5.26 Å². The van der Waals surface area contributed by atoms with Crippen molar-refractivity contribution in [2.45, 2.75) is 35.6 Å². The van der Waals surface area contributed by atoms with E-state index in [9.17, 15) is 10.1 Å². The van der Waals surface area contributed by atoms with E-state index in [0.717, 1.165) is 37.1 Å². The summed E-state index contributed by atoms with van der Waals surface area (Å²) in [5, 5.41) is 24.2. The third-order valence-corrected chi connectivity index (χ3v) is 6.10. The molecule has 1 heterocycles. The summed E-state index contributed by atoms with van der Waals surface area (Å²) in [4.78, 5) is 12.1. The molecule has 7 nitrogen and oxygen atoms in total. The molecular formula is C17H19N5O2S2. The molecular weight excluding hydrogens is 370 g/mol. The first-order chi connectivity index (χ1) is 12.6. The summed E-state index contributed by atoms with van der Waals surface area (Å²) < 4.78 is 5.83. The molecule has 2 N–H and O–H groups in total. The highest BCUT2D eigenvalue weighted by molar-refractivity contribution is 8.01. The molecule has 3 rings (SSSR count). The molecule has 0 saturated heterocycles. The molecule has 1 aromatic carbocycles. The maximum absolute atomic E-state index is 12.1. The Hall–Kier alpha value is -2.31. The van der Waals surface area contributed by atoms with Gasteiger partial charge >= 0.3 is 0 Å². The van der Waals surface area contributed by atoms with Gasteiger partial charge in [0.25, 0.3) is 0 Å². The molecule has 1 amide bonds. The number of hydrogen-bond acceptors (Lipinski definition) is 8. The predicted octanol–water partition coefficient (Wildman–Crippen LogP) is 3.33. The van der Waals surface area contributed by atoms with Crippen LogP contribution in [0.4, 0.5) is 10.8 Å². The highest BCUT2D eigenvalue weighted by atomic mass is 32.2. The van der Waals surface area contributed by atoms with Crippen LogP contribution in [0, 0.1) is 11.3 Å². The average Bonchev–Trinajstić information content (AvgIpc) is 3.31. The number of benzene rings is 1. The van der Waals surface area contributed by atoms with Gasteiger partial charge in [0.05, 0.1) is 18.9 Å². The Morgan fingerprint density at radius 2 is 2.08 bits per heavy atom. The number of carbonyl (C=O) groups is 1. The van der Waals surface area contributed by atoms with Crippen molar-refractivity contribution in [1.82, 2.24) is 15.5 Å². The number of anilines is 2. The summed E-state index contributed by atoms with van der Waals surface area (Å²) in [6, 6.07) is 9.76. The van der Waals surface area contributed by atoms with Gasteiger partial charge in [-0.25, -0.2) is 0 Å². The molecule has 1 aromatic heterocycles. The largest absolute Gasteiger partial charge is 0.497 e. The number of nitriles is 1. The van der Waals surface area contributed by atoms with Crippen LogP contribution in [0.5, 0.6) is 5.75 Å². The third kappa shape index (κ3) is 4.65. The number of hydrogen-bond donors (Lipinski definition) is 2. The van der Waals surface area contributed by atoms with Crippen LogP contribution < -0.4 is 15.4 Å². The van der Waals surface area contributed by atoms with Crippen LogP contribution in [0.15, 0.2) is 28.6 Å². The molecule has 0 bridgehead atoms. The van der Waals surface area contributed by atoms with Crippen LogP contribution in [0.25, 0.3) is 0 Å². The fraction of sp³-hybridized carbons (Fsp3) is 0.412. The standard InChI is InChI=1S/C17H19N5O2S2/c1-24-13-6-4-12(5-7-13)19-15-21-22-16(26-15)25-10-14(23)20-17(11-18)8-2-3-9-17/h4-7H,2-3,8-10H2,1H3,(H,19,21)(H,20,23). The number of carbonyl (C=O) groups excluding carboxylic acids is 1. The molecule has 0 radical (unpaired) electrons. The third-order valence-electron chi connectivity index (χ3n) is 4.12. The number of ether oxygens (including phenoxy) is 1. The predicted molar refractivity (Wildman–Crippen MR) is 102 cm³/mol. The fourth-order valence-corrected chi connectivity index (χ4v) is 4.36. The van der Waals surface area contributed by atoms with Crippen molar-refractivity contribution in [3.8, 4) is 11.8 Å². The topological polar surface area (TPSA) is 99.9 Å². The number of nitrogens with one attached hydrogen (secondary N) is 2. The van der Waals surface area contributed by atoms with E-state index in [1.165, 1.54) is 23.1 Å². The molecule has 0 spiro atoms. The number of amides is 1. The molecule has 1 fully saturated rings. The van der Waals surface area contributed by atoms with Crippen LogP contribution in [0.2, 0.25) is 0 Å². The molecule has 0 unspecified atom stereocenters. The first-order valence-corrected chi connectivity index (χ1v) is 10.0. The van der Waals surface area contributed by atoms with Crippen LogP contribution in [0.1, 0.15) is 25.7 Å². The maximum atomic E-state index is 12.1. The Balaban J connectivity index is 1.50. The lowest BCUT2D eigenvalue weighted by molar-refractivity contribution is -0.119. The van der Waals surface area contributed by atoms with Gasteiger partial charge in [-0.1, -0.05) is 23.1 Å². The molecule has 1 aliphatic carbocycles. The Kier molecular flexibility index (Phi) is 5.96. The molecule has 26 heavy (non-hydrogen) atoms. The van der Waals surface area contributed by atoms with Gasteiger partial charge in [-0.05, 0) is 49.9 Å². The first-order valence-electron chi connectivity index (χ1n) is 8.22. The zero-order valence-electron chi connectivity index (χ0n) is 14.3. The van der Waals surface area contributed by atoms with Crippen molar-refractivity contribution in [3.05, 3.63) is 24.3 Å². The summed E-state index contributed by atoms with van der Waals surface area (Å²) in [5.74, 6) is 0.867. The zero-order chi connectivity index (χ0) is 18.4. The van der Waals surface area contributed by atoms with Gasteiger partial charge in [0.15, 0.2) is 4.34 Å². The van der Waals surface area contributed by atoms with Gasteiger partial charge in [-0.3, -0.25) is 4.79 Å². The van der Waals surface area contributed by atoms with Gasteiger partial charge in [0.2, 0.25) is 11.0 Å². The molecule has 0 atom stereocenters. The quantitative estimate of drug-likeness (QED) is 0.701. The molecule has 136 valence electrons. The van der Waals surface area contributed by atoms with Crippen molar-refractivity contribution in [1.29, 1.82) is 5.26 Å². The van der Waals surface area contributed by atoms with Crippen molar-refractivity contribution in [2.24, 2.45) is 0 Å². The average molecular weight is 390 g/mol. The Morgan fingerprint density at radius 3 is 2.73 bits per heavy atom. The lowest BCUT2D eigenvalue weighted by Gasteiger charge is -2.21. The molecule has 1 saturated carbocycles. The van der Waals surface area contributed by atoms with Crippen LogP contribution in [0.3, 0.4) is 0 Å². The highest BCUT2D eigenvalue weighted by Gasteiger charge is 2.35. The smallest absolute Gasteiger partial charge is 0.231 e. The summed E-state index contributed by atoms with van der Waals surface area (Å²) >= 11 is 2.70. The SMILES string of the molecule is COc1ccc(Nc2nnc(SCC(=O)NC3(C#N)CCCC3)s2)cc1. The number of aromatic nitrogens is 2. The van der Waals surface area contributed by atoms with E-state index in [4.69, 9.17) is 4.74 Å². The van der Waals surface area contributed by atoms with Gasteiger partial charge < -0.3 is 15.4 Å². The van der Waals surface area contributed by atoms with E-state index >= 15 is 0 Å². The van der Waals surface area contributed by atoms with E-state index < -0.39 is 5.54 Å². The molecule has 2 aromatic rings. The van der Waals surface area contributed by atoms with E-state index in [1.54, 1.807) is 7.11 Å². The van der Waals surface area contributed by atoms with Crippen LogP contribution >= 0.6 is 23.1 Å². The Morgan fingerprint density at radius 1 is 1.35 bits per heavy atom. The molecule has 1 aliphatic rings. The maximum Gasteiger partial charge on any atom is 0.231 e. The van der Waals surface area contributed by atoms with Gasteiger partial charge in [-0.15, -0.1) is 10.2 Å². The normalized spacial score (nSPS) is 15.2. The summed E-state index contributed by atoms with van der Waals surface area (Å²) in [6.45, 7) is 0. The summed E-state index contributed by atoms with van der Waals surface area (Å²) in [5.41, 5.74) is 0.202. The van der Waals surface area contributed by atoms with Crippen molar-refractivity contribution < 1.29 is 9.53 Å². The monoisotopic (exact) mass is 389 g/mol. The van der Waals surface area contributed by atoms with Gasteiger partial charge in [0.1, 0.15) is 11.3 Å². The lowest BCUT2D eigenvalue weighted by atomic mass is 10.0. The Labute approximate surface area is 160 Å². The number of rotatable bonds is 7. The zero-order valence-corrected chi connectivity index (χ0v) is 16.0. The van der Waals surface area contributed by atoms with E-state index in [1.807, 2.05) is 24.3 Å². The molecule has 9 heteroatoms. The fourth-order valence-electron chi connectivity index (χ4n) is 2.79. The second-order valence-electron chi connectivity index (χ2n) is 5.96. The number of nitrogens with zero attached hydrogens (tertiary/aromatic N) is 3. The van der Waals surface area contributed by atoms with Crippen molar-refractivity contribution >= 4 is 39.8 Å². The van der Waals surface area contributed by atoms with E-state index in [0.29, 0.717) is 9.47 Å². The lowest BCUT2D eigenvalue weighted by Crippen LogP contribution is -2.45. The molecule has 0 aliphatic heterocycles. The minimum atomic E-state index is -0.681. The number of methoxy groups -OCH3 is 1. The van der Waals surface area contributed by atoms with E-state index in [2.05, 4.69) is 26.9 Å². The van der Waals surface area contributed by atoms with E-state index in [-0.39, 0.29) is 11.7 Å². The van der Waals surface area contributed by atoms with Crippen molar-refractivity contribution in [2.75, 3.05) is 18.2 Å². The summed E-state index contributed by atoms with van der Waals surface area (Å²) in [6.07, 6.45) is 3.43. The second-order valence-corrected chi connectivity index (χ2v) is 8.16. The minimum absolute atomic E-state index is 0.140. The Bertz CT molecular complexity index is 794. The number of thioether (sulfide) groups is 1.